The SMILES string of the molecule is CC(=S)N1CCCC1=O. The number of amides is 1. The molecule has 2 nitrogen and oxygen atoms in total. The predicted octanol–water partition coefficient (Wildman–Crippen LogP) is 0.956. The Hall–Kier alpha value is -0.440. The molecule has 1 aliphatic rings. The van der Waals surface area contributed by atoms with E-state index in [1.807, 2.05) is 0 Å². The van der Waals surface area contributed by atoms with Gasteiger partial charge >= 0.3 is 0 Å². The summed E-state index contributed by atoms with van der Waals surface area (Å²) in [6.45, 7) is 2.62. The fraction of sp³-hybridized carbons (Fsp3) is 0.667. The van der Waals surface area contributed by atoms with Crippen molar-refractivity contribution in [1.82, 2.24) is 4.90 Å². The standard InChI is InChI=1S/C6H9NOS/c1-5(9)7-4-2-3-6(7)8/h2-4H2,1H3. The maximum Gasteiger partial charge on any atom is 0.227 e. The van der Waals surface area contributed by atoms with Gasteiger partial charge in [-0.25, -0.2) is 0 Å². The largest absolute Gasteiger partial charge is 0.307 e. The van der Waals surface area contributed by atoms with Gasteiger partial charge in [0.15, 0.2) is 0 Å². The van der Waals surface area contributed by atoms with E-state index in [-0.39, 0.29) is 5.91 Å². The number of carbonyl (C=O) groups excluding carboxylic acids is 1. The molecule has 1 fully saturated rings. The van der Waals surface area contributed by atoms with E-state index >= 15 is 0 Å². The van der Waals surface area contributed by atoms with E-state index in [1.165, 1.54) is 0 Å². The summed E-state index contributed by atoms with van der Waals surface area (Å²) >= 11 is 4.84. The quantitative estimate of drug-likeness (QED) is 0.471. The molecule has 1 heterocycles. The highest BCUT2D eigenvalue weighted by Gasteiger charge is 2.20. The summed E-state index contributed by atoms with van der Waals surface area (Å²) in [5, 5.41) is 0. The second-order valence-corrected chi connectivity index (χ2v) is 2.76. The second-order valence-electron chi connectivity index (χ2n) is 2.17. The monoisotopic (exact) mass is 143 g/mol. The highest BCUT2D eigenvalue weighted by atomic mass is 32.1. The third kappa shape index (κ3) is 1.27. The van der Waals surface area contributed by atoms with Crippen LogP contribution in [0.1, 0.15) is 19.8 Å². The molecule has 3 heteroatoms. The predicted molar refractivity (Wildman–Crippen MR) is 39.2 cm³/mol. The first-order chi connectivity index (χ1) is 4.22. The summed E-state index contributed by atoms with van der Waals surface area (Å²) in [5.74, 6) is 0.183. The summed E-state index contributed by atoms with van der Waals surface area (Å²) < 4.78 is 0. The summed E-state index contributed by atoms with van der Waals surface area (Å²) in [7, 11) is 0. The zero-order valence-corrected chi connectivity index (χ0v) is 6.20. The van der Waals surface area contributed by atoms with E-state index in [0.717, 1.165) is 13.0 Å². The van der Waals surface area contributed by atoms with Gasteiger partial charge in [0.1, 0.15) is 0 Å². The van der Waals surface area contributed by atoms with Crippen molar-refractivity contribution in [3.05, 3.63) is 0 Å². The fourth-order valence-corrected chi connectivity index (χ4v) is 1.17. The molecule has 1 aliphatic heterocycles. The molecule has 1 amide bonds. The molecule has 0 unspecified atom stereocenters. The van der Waals surface area contributed by atoms with Crippen LogP contribution in [0.15, 0.2) is 0 Å². The van der Waals surface area contributed by atoms with E-state index in [2.05, 4.69) is 0 Å². The lowest BCUT2D eigenvalue weighted by atomic mass is 10.4. The Morgan fingerprint density at radius 2 is 2.44 bits per heavy atom. The smallest absolute Gasteiger partial charge is 0.227 e. The number of rotatable bonds is 0. The first kappa shape index (κ1) is 6.68. The lowest BCUT2D eigenvalue weighted by molar-refractivity contribution is -0.124. The second kappa shape index (κ2) is 2.43. The molecule has 1 rings (SSSR count). The van der Waals surface area contributed by atoms with Crippen LogP contribution >= 0.6 is 12.2 Å². The fourth-order valence-electron chi connectivity index (χ4n) is 0.981. The minimum atomic E-state index is 0.183. The minimum absolute atomic E-state index is 0.183. The van der Waals surface area contributed by atoms with Gasteiger partial charge < -0.3 is 4.90 Å². The minimum Gasteiger partial charge on any atom is -0.307 e. The molecule has 9 heavy (non-hydrogen) atoms. The van der Waals surface area contributed by atoms with E-state index in [9.17, 15) is 4.79 Å². The van der Waals surface area contributed by atoms with Crippen LogP contribution in [0, 0.1) is 0 Å². The first-order valence-corrected chi connectivity index (χ1v) is 3.43. The van der Waals surface area contributed by atoms with Gasteiger partial charge in [-0.3, -0.25) is 4.79 Å². The average Bonchev–Trinajstić information content (AvgIpc) is 2.13. The highest BCUT2D eigenvalue weighted by molar-refractivity contribution is 7.80. The van der Waals surface area contributed by atoms with Crippen molar-refractivity contribution in [2.75, 3.05) is 6.54 Å². The average molecular weight is 143 g/mol. The summed E-state index contributed by atoms with van der Waals surface area (Å²) in [6.07, 6.45) is 1.64. The number of likely N-dealkylation sites (tertiary alicyclic amines) is 1. The molecule has 0 aromatic carbocycles. The molecule has 0 aliphatic carbocycles. The lowest BCUT2D eigenvalue weighted by Gasteiger charge is -2.11. The van der Waals surface area contributed by atoms with Crippen LogP contribution < -0.4 is 0 Å². The van der Waals surface area contributed by atoms with Gasteiger partial charge in [0.05, 0.1) is 4.99 Å². The Morgan fingerprint density at radius 1 is 1.78 bits per heavy atom. The van der Waals surface area contributed by atoms with Crippen LogP contribution in [-0.2, 0) is 4.79 Å². The number of nitrogens with zero attached hydrogens (tertiary/aromatic N) is 1. The van der Waals surface area contributed by atoms with Crippen molar-refractivity contribution in [3.8, 4) is 0 Å². The van der Waals surface area contributed by atoms with Crippen LogP contribution in [0.25, 0.3) is 0 Å². The van der Waals surface area contributed by atoms with Gasteiger partial charge in [0, 0.05) is 13.0 Å². The van der Waals surface area contributed by atoms with Crippen LogP contribution in [0.2, 0.25) is 0 Å². The Morgan fingerprint density at radius 3 is 2.67 bits per heavy atom. The van der Waals surface area contributed by atoms with Crippen LogP contribution in [-0.4, -0.2) is 22.3 Å². The Balaban J connectivity index is 2.60. The topological polar surface area (TPSA) is 20.3 Å². The van der Waals surface area contributed by atoms with Crippen LogP contribution in [0.3, 0.4) is 0 Å². The molecule has 0 spiro atoms. The maximum atomic E-state index is 10.9. The summed E-state index contributed by atoms with van der Waals surface area (Å²) in [6, 6.07) is 0. The van der Waals surface area contributed by atoms with E-state index in [4.69, 9.17) is 12.2 Å². The van der Waals surface area contributed by atoms with Crippen molar-refractivity contribution in [2.45, 2.75) is 19.8 Å². The Kier molecular flexibility index (Phi) is 1.81. The number of thiocarbonyl (C=S) groups is 1. The van der Waals surface area contributed by atoms with Crippen LogP contribution in [0.5, 0.6) is 0 Å². The Labute approximate surface area is 59.8 Å². The molecule has 0 saturated carbocycles. The molecule has 1 saturated heterocycles. The number of hydrogen-bond donors (Lipinski definition) is 0. The third-order valence-electron chi connectivity index (χ3n) is 1.45. The lowest BCUT2D eigenvalue weighted by Crippen LogP contribution is -2.27. The molecule has 0 aromatic heterocycles. The zero-order valence-electron chi connectivity index (χ0n) is 5.39. The number of hydrogen-bond acceptors (Lipinski definition) is 2. The van der Waals surface area contributed by atoms with Gasteiger partial charge in [-0.05, 0) is 13.3 Å². The normalized spacial score (nSPS) is 18.8. The summed E-state index contributed by atoms with van der Waals surface area (Å²) in [4.78, 5) is 13.2. The van der Waals surface area contributed by atoms with Gasteiger partial charge in [-0.15, -0.1) is 0 Å². The van der Waals surface area contributed by atoms with Crippen molar-refractivity contribution in [2.24, 2.45) is 0 Å². The van der Waals surface area contributed by atoms with Crippen molar-refractivity contribution in [3.63, 3.8) is 0 Å². The highest BCUT2D eigenvalue weighted by Crippen LogP contribution is 2.09. The number of carbonyl (C=O) groups is 1. The molecular formula is C6H9NOS. The first-order valence-electron chi connectivity index (χ1n) is 3.03. The van der Waals surface area contributed by atoms with Gasteiger partial charge in [-0.1, -0.05) is 12.2 Å². The molecule has 0 atom stereocenters. The molecular weight excluding hydrogens is 134 g/mol. The van der Waals surface area contributed by atoms with Gasteiger partial charge in [0.2, 0.25) is 5.91 Å². The van der Waals surface area contributed by atoms with Crippen molar-refractivity contribution < 1.29 is 4.79 Å². The Bertz CT molecular complexity index is 155. The molecule has 0 aromatic rings. The molecule has 50 valence electrons. The van der Waals surface area contributed by atoms with Crippen LogP contribution in [0.4, 0.5) is 0 Å². The van der Waals surface area contributed by atoms with Gasteiger partial charge in [-0.2, -0.15) is 0 Å². The molecule has 0 N–H and O–H groups in total. The third-order valence-corrected chi connectivity index (χ3v) is 1.67. The van der Waals surface area contributed by atoms with Crippen molar-refractivity contribution >= 4 is 23.1 Å². The van der Waals surface area contributed by atoms with Crippen molar-refractivity contribution in [1.29, 1.82) is 0 Å². The molecule has 0 radical (unpaired) electrons. The van der Waals surface area contributed by atoms with Gasteiger partial charge in [0.25, 0.3) is 0 Å². The van der Waals surface area contributed by atoms with E-state index in [0.29, 0.717) is 11.4 Å². The zero-order chi connectivity index (χ0) is 6.85. The van der Waals surface area contributed by atoms with E-state index < -0.39 is 0 Å². The maximum absolute atomic E-state index is 10.9. The van der Waals surface area contributed by atoms with E-state index in [1.54, 1.807) is 11.8 Å². The summed E-state index contributed by atoms with van der Waals surface area (Å²) in [5.41, 5.74) is 0. The molecule has 0 bridgehead atoms.